The van der Waals surface area contributed by atoms with Crippen molar-refractivity contribution in [3.8, 4) is 0 Å². The number of furan rings is 1. The molecule has 0 amide bonds. The zero-order chi connectivity index (χ0) is 14.8. The Morgan fingerprint density at radius 3 is 2.73 bits per heavy atom. The van der Waals surface area contributed by atoms with E-state index in [2.05, 4.69) is 49.1 Å². The maximum Gasteiger partial charge on any atom is 0.135 e. The van der Waals surface area contributed by atoms with Crippen molar-refractivity contribution >= 4 is 27.6 Å². The van der Waals surface area contributed by atoms with Crippen LogP contribution in [-0.2, 0) is 0 Å². The molecule has 2 heteroatoms. The second-order valence-electron chi connectivity index (χ2n) is 7.11. The molecular weight excluding hydrogens is 270 g/mol. The van der Waals surface area contributed by atoms with Crippen molar-refractivity contribution in [2.24, 2.45) is 5.92 Å². The first-order valence-electron chi connectivity index (χ1n) is 8.42. The van der Waals surface area contributed by atoms with E-state index in [1.807, 2.05) is 6.07 Å². The van der Waals surface area contributed by atoms with E-state index in [4.69, 9.17) is 4.42 Å². The number of anilines is 1. The number of fused-ring (bicyclic) bond motifs is 5. The summed E-state index contributed by atoms with van der Waals surface area (Å²) in [6, 6.07) is 14.4. The maximum absolute atomic E-state index is 6.02. The Balaban J connectivity index is 1.74. The van der Waals surface area contributed by atoms with Gasteiger partial charge < -0.3 is 9.32 Å². The molecule has 1 aromatic heterocycles. The molecule has 0 radical (unpaired) electrons. The molecule has 1 aliphatic carbocycles. The van der Waals surface area contributed by atoms with E-state index in [-0.39, 0.29) is 0 Å². The summed E-state index contributed by atoms with van der Waals surface area (Å²) in [7, 11) is 0. The Bertz CT molecular complexity index is 876. The van der Waals surface area contributed by atoms with Gasteiger partial charge in [-0.25, -0.2) is 0 Å². The summed E-state index contributed by atoms with van der Waals surface area (Å²) in [5.41, 5.74) is 4.76. The van der Waals surface area contributed by atoms with Gasteiger partial charge in [0.15, 0.2) is 0 Å². The highest BCUT2D eigenvalue weighted by atomic mass is 16.3. The summed E-state index contributed by atoms with van der Waals surface area (Å²) in [6.45, 7) is 4.63. The first-order chi connectivity index (χ1) is 10.7. The molecule has 1 aliphatic heterocycles. The second kappa shape index (κ2) is 4.28. The number of benzene rings is 2. The Hall–Kier alpha value is -1.96. The summed E-state index contributed by atoms with van der Waals surface area (Å²) in [5, 5.41) is 2.49. The van der Waals surface area contributed by atoms with Crippen molar-refractivity contribution in [3.05, 3.63) is 42.0 Å². The van der Waals surface area contributed by atoms with E-state index in [0.29, 0.717) is 6.04 Å². The van der Waals surface area contributed by atoms with Crippen LogP contribution in [-0.4, -0.2) is 12.1 Å². The van der Waals surface area contributed by atoms with Crippen molar-refractivity contribution in [1.82, 2.24) is 0 Å². The zero-order valence-electron chi connectivity index (χ0n) is 13.2. The zero-order valence-corrected chi connectivity index (χ0v) is 13.2. The first kappa shape index (κ1) is 12.6. The Morgan fingerprint density at radius 2 is 1.91 bits per heavy atom. The van der Waals surface area contributed by atoms with Gasteiger partial charge in [-0.3, -0.25) is 0 Å². The lowest BCUT2D eigenvalue weighted by molar-refractivity contribution is 0.454. The number of rotatable bonds is 1. The van der Waals surface area contributed by atoms with E-state index < -0.39 is 0 Å². The van der Waals surface area contributed by atoms with Crippen LogP contribution in [0.4, 0.5) is 5.69 Å². The smallest absolute Gasteiger partial charge is 0.135 e. The average Bonchev–Trinajstić information content (AvgIpc) is 3.19. The minimum absolute atomic E-state index is 0.674. The van der Waals surface area contributed by atoms with Gasteiger partial charge in [0.25, 0.3) is 0 Å². The largest absolute Gasteiger partial charge is 0.456 e. The molecule has 2 nitrogen and oxygen atoms in total. The lowest BCUT2D eigenvalue weighted by Gasteiger charge is -2.36. The fourth-order valence-corrected chi connectivity index (χ4v) is 4.80. The summed E-state index contributed by atoms with van der Waals surface area (Å²) in [5.74, 6) is 0.890. The lowest BCUT2D eigenvalue weighted by Crippen LogP contribution is -2.39. The molecule has 112 valence electrons. The Kier molecular flexibility index (Phi) is 2.45. The highest BCUT2D eigenvalue weighted by Gasteiger charge is 2.43. The van der Waals surface area contributed by atoms with Gasteiger partial charge in [-0.15, -0.1) is 0 Å². The molecule has 2 unspecified atom stereocenters. The molecule has 2 fully saturated rings. The molecule has 0 spiro atoms. The highest BCUT2D eigenvalue weighted by molar-refractivity contribution is 6.06. The number of aryl methyl sites for hydroxylation is 1. The van der Waals surface area contributed by atoms with Crippen LogP contribution in [0.1, 0.15) is 31.7 Å². The minimum atomic E-state index is 0.674. The van der Waals surface area contributed by atoms with Crippen molar-refractivity contribution in [2.75, 3.05) is 4.90 Å². The van der Waals surface area contributed by atoms with Crippen LogP contribution < -0.4 is 4.90 Å². The third kappa shape index (κ3) is 1.55. The second-order valence-corrected chi connectivity index (χ2v) is 7.11. The van der Waals surface area contributed by atoms with Gasteiger partial charge in [-0.05, 0) is 62.8 Å². The topological polar surface area (TPSA) is 16.4 Å². The molecule has 1 saturated carbocycles. The third-order valence-corrected chi connectivity index (χ3v) is 5.93. The Morgan fingerprint density at radius 1 is 1.05 bits per heavy atom. The number of nitrogens with zero attached hydrogens (tertiary/aromatic N) is 1. The van der Waals surface area contributed by atoms with Crippen molar-refractivity contribution in [3.63, 3.8) is 0 Å². The summed E-state index contributed by atoms with van der Waals surface area (Å²) < 4.78 is 6.02. The van der Waals surface area contributed by atoms with Gasteiger partial charge in [0.1, 0.15) is 11.2 Å². The molecule has 3 aromatic rings. The van der Waals surface area contributed by atoms with Gasteiger partial charge in [0.05, 0.1) is 0 Å². The van der Waals surface area contributed by atoms with Gasteiger partial charge in [-0.2, -0.15) is 0 Å². The van der Waals surface area contributed by atoms with Crippen LogP contribution in [0.15, 0.2) is 40.8 Å². The predicted octanol–water partition coefficient (Wildman–Crippen LogP) is 5.27. The van der Waals surface area contributed by atoms with Crippen LogP contribution in [0, 0.1) is 12.8 Å². The van der Waals surface area contributed by atoms with Gasteiger partial charge in [-0.1, -0.05) is 18.2 Å². The van der Waals surface area contributed by atoms with Crippen LogP contribution >= 0.6 is 0 Å². The molecule has 1 saturated heterocycles. The maximum atomic E-state index is 6.02. The average molecular weight is 291 g/mol. The van der Waals surface area contributed by atoms with E-state index >= 15 is 0 Å². The number of para-hydroxylation sites is 1. The fourth-order valence-electron chi connectivity index (χ4n) is 4.80. The summed E-state index contributed by atoms with van der Waals surface area (Å²) >= 11 is 0. The molecule has 2 bridgehead atoms. The van der Waals surface area contributed by atoms with E-state index in [1.54, 1.807) is 0 Å². The highest BCUT2D eigenvalue weighted by Crippen LogP contribution is 2.46. The van der Waals surface area contributed by atoms with Crippen LogP contribution in [0.2, 0.25) is 0 Å². The van der Waals surface area contributed by atoms with Gasteiger partial charge in [0.2, 0.25) is 0 Å². The minimum Gasteiger partial charge on any atom is -0.456 e. The normalized spacial score (nSPS) is 27.4. The molecule has 22 heavy (non-hydrogen) atoms. The predicted molar refractivity (Wildman–Crippen MR) is 91.5 cm³/mol. The van der Waals surface area contributed by atoms with E-state index in [1.165, 1.54) is 41.3 Å². The van der Waals surface area contributed by atoms with Gasteiger partial charge in [0, 0.05) is 28.5 Å². The molecule has 2 heterocycles. The van der Waals surface area contributed by atoms with E-state index in [9.17, 15) is 0 Å². The van der Waals surface area contributed by atoms with E-state index in [0.717, 1.165) is 23.1 Å². The number of hydrogen-bond donors (Lipinski definition) is 0. The molecule has 2 aliphatic rings. The van der Waals surface area contributed by atoms with Crippen molar-refractivity contribution in [1.29, 1.82) is 0 Å². The monoisotopic (exact) mass is 291 g/mol. The molecule has 3 atom stereocenters. The van der Waals surface area contributed by atoms with Crippen LogP contribution in [0.5, 0.6) is 0 Å². The molecular formula is C20H21NO. The quantitative estimate of drug-likeness (QED) is 0.607. The molecule has 2 aromatic carbocycles. The summed E-state index contributed by atoms with van der Waals surface area (Å²) in [4.78, 5) is 2.69. The first-order valence-corrected chi connectivity index (χ1v) is 8.42. The van der Waals surface area contributed by atoms with Crippen molar-refractivity contribution < 1.29 is 4.42 Å². The lowest BCUT2D eigenvalue weighted by atomic mass is 9.98. The molecule has 5 rings (SSSR count). The Labute approximate surface area is 130 Å². The standard InChI is InChI=1S/C20H21NO/c1-12-9-20-17(16-5-3-4-6-19(16)22-20)11-18(12)21-13(2)14-7-8-15(21)10-14/h3-6,9,11,13-15H,7-8,10H2,1-2H3/t13-,14?,15?/m0/s1. The van der Waals surface area contributed by atoms with Crippen LogP contribution in [0.3, 0.4) is 0 Å². The van der Waals surface area contributed by atoms with Crippen molar-refractivity contribution in [2.45, 2.75) is 45.2 Å². The number of piperidine rings is 1. The molecule has 0 N–H and O–H groups in total. The summed E-state index contributed by atoms with van der Waals surface area (Å²) in [6.07, 6.45) is 4.15. The van der Waals surface area contributed by atoms with Crippen LogP contribution in [0.25, 0.3) is 21.9 Å². The SMILES string of the molecule is Cc1cc2oc3ccccc3c2cc1N1C2CCC(C2)[C@@H]1C. The van der Waals surface area contributed by atoms with Gasteiger partial charge >= 0.3 is 0 Å². The fraction of sp³-hybridized carbons (Fsp3) is 0.400. The third-order valence-electron chi connectivity index (χ3n) is 5.93. The number of hydrogen-bond acceptors (Lipinski definition) is 2.